The number of carbonyl (C=O) groups excluding carboxylic acids is 1. The van der Waals surface area contributed by atoms with Gasteiger partial charge in [0.05, 0.1) is 16.8 Å². The second-order valence-corrected chi connectivity index (χ2v) is 6.32. The zero-order valence-corrected chi connectivity index (χ0v) is 13.9. The Kier molecular flexibility index (Phi) is 5.31. The molecule has 0 fully saturated rings. The number of nitrogens with zero attached hydrogens (tertiary/aromatic N) is 2. The maximum Gasteiger partial charge on any atom is 0.250 e. The number of hydrogen-bond donors (Lipinski definition) is 0. The smallest absolute Gasteiger partial charge is 0.250 e. The van der Waals surface area contributed by atoms with Crippen LogP contribution < -0.4 is 4.80 Å². The van der Waals surface area contributed by atoms with Gasteiger partial charge in [-0.1, -0.05) is 31.3 Å². The Morgan fingerprint density at radius 1 is 1.43 bits per heavy atom. The summed E-state index contributed by atoms with van der Waals surface area (Å²) in [6, 6.07) is 6.31. The minimum Gasteiger partial charge on any atom is -0.380 e. The molecule has 0 radical (unpaired) electrons. The molecule has 114 valence electrons. The number of hydrogen-bond acceptors (Lipinski definition) is 3. The lowest BCUT2D eigenvalue weighted by Crippen LogP contribution is -2.20. The van der Waals surface area contributed by atoms with Crippen molar-refractivity contribution >= 4 is 27.5 Å². The molecule has 0 N–H and O–H groups in total. The molecule has 4 nitrogen and oxygen atoms in total. The molecule has 0 saturated heterocycles. The summed E-state index contributed by atoms with van der Waals surface area (Å²) in [6.45, 7) is 9.81. The molecular weight excluding hydrogens is 284 g/mol. The van der Waals surface area contributed by atoms with E-state index in [2.05, 4.69) is 34.7 Å². The average molecular weight is 306 g/mol. The SMILES string of the molecule is CCOCCn1c(=NC(=O)C(C)C)sc2cc(C)ccc21. The quantitative estimate of drug-likeness (QED) is 0.797. The van der Waals surface area contributed by atoms with Gasteiger partial charge in [-0.25, -0.2) is 0 Å². The highest BCUT2D eigenvalue weighted by Crippen LogP contribution is 2.19. The molecule has 0 aliphatic carbocycles. The van der Waals surface area contributed by atoms with E-state index in [1.165, 1.54) is 5.56 Å². The van der Waals surface area contributed by atoms with E-state index < -0.39 is 0 Å². The monoisotopic (exact) mass is 306 g/mol. The van der Waals surface area contributed by atoms with E-state index in [1.54, 1.807) is 11.3 Å². The molecule has 21 heavy (non-hydrogen) atoms. The second kappa shape index (κ2) is 7.00. The van der Waals surface area contributed by atoms with E-state index in [0.29, 0.717) is 19.8 Å². The van der Waals surface area contributed by atoms with Crippen molar-refractivity contribution in [1.82, 2.24) is 4.57 Å². The molecular formula is C16H22N2O2S. The van der Waals surface area contributed by atoms with Crippen molar-refractivity contribution in [1.29, 1.82) is 0 Å². The van der Waals surface area contributed by atoms with E-state index >= 15 is 0 Å². The molecule has 2 rings (SSSR count). The molecule has 1 aromatic heterocycles. The molecule has 0 bridgehead atoms. The number of thiazole rings is 1. The predicted molar refractivity (Wildman–Crippen MR) is 86.5 cm³/mol. The number of carbonyl (C=O) groups is 1. The maximum absolute atomic E-state index is 11.9. The highest BCUT2D eigenvalue weighted by atomic mass is 32.1. The highest BCUT2D eigenvalue weighted by molar-refractivity contribution is 7.16. The van der Waals surface area contributed by atoms with Crippen molar-refractivity contribution in [2.45, 2.75) is 34.2 Å². The van der Waals surface area contributed by atoms with E-state index in [-0.39, 0.29) is 11.8 Å². The Balaban J connectivity index is 2.51. The second-order valence-electron chi connectivity index (χ2n) is 5.31. The summed E-state index contributed by atoms with van der Waals surface area (Å²) in [5.74, 6) is -0.166. The van der Waals surface area contributed by atoms with E-state index in [9.17, 15) is 4.79 Å². The van der Waals surface area contributed by atoms with E-state index in [4.69, 9.17) is 4.74 Å². The first-order chi connectivity index (χ1) is 10.0. The van der Waals surface area contributed by atoms with Crippen LogP contribution in [-0.2, 0) is 16.1 Å². The molecule has 0 spiro atoms. The van der Waals surface area contributed by atoms with Gasteiger partial charge in [-0.3, -0.25) is 4.79 Å². The van der Waals surface area contributed by atoms with Crippen molar-refractivity contribution in [3.8, 4) is 0 Å². The van der Waals surface area contributed by atoms with Crippen LogP contribution in [0.4, 0.5) is 0 Å². The third kappa shape index (κ3) is 3.80. The van der Waals surface area contributed by atoms with Gasteiger partial charge in [-0.2, -0.15) is 4.99 Å². The first-order valence-electron chi connectivity index (χ1n) is 7.29. The fourth-order valence-electron chi connectivity index (χ4n) is 2.01. The zero-order valence-electron chi connectivity index (χ0n) is 13.0. The predicted octanol–water partition coefficient (Wildman–Crippen LogP) is 3.13. The van der Waals surface area contributed by atoms with Gasteiger partial charge in [0.15, 0.2) is 4.80 Å². The number of aryl methyl sites for hydroxylation is 1. The molecule has 0 atom stereocenters. The summed E-state index contributed by atoms with van der Waals surface area (Å²) < 4.78 is 8.68. The molecule has 5 heteroatoms. The van der Waals surface area contributed by atoms with Crippen LogP contribution in [-0.4, -0.2) is 23.7 Å². The normalized spacial score (nSPS) is 12.5. The number of fused-ring (bicyclic) bond motifs is 1. The Hall–Kier alpha value is -1.46. The van der Waals surface area contributed by atoms with Crippen molar-refractivity contribution < 1.29 is 9.53 Å². The van der Waals surface area contributed by atoms with Crippen LogP contribution in [0.1, 0.15) is 26.3 Å². The van der Waals surface area contributed by atoms with Gasteiger partial charge < -0.3 is 9.30 Å². The number of amides is 1. The molecule has 0 aliphatic heterocycles. The summed E-state index contributed by atoms with van der Waals surface area (Å²) in [7, 11) is 0. The Labute approximate surface area is 129 Å². The van der Waals surface area contributed by atoms with Gasteiger partial charge in [0.25, 0.3) is 5.91 Å². The van der Waals surface area contributed by atoms with Crippen LogP contribution in [0, 0.1) is 12.8 Å². The van der Waals surface area contributed by atoms with Crippen LogP contribution in [0.5, 0.6) is 0 Å². The zero-order chi connectivity index (χ0) is 15.4. The lowest BCUT2D eigenvalue weighted by Gasteiger charge is -2.05. The van der Waals surface area contributed by atoms with Crippen molar-refractivity contribution in [2.24, 2.45) is 10.9 Å². The topological polar surface area (TPSA) is 43.6 Å². The number of aromatic nitrogens is 1. The molecule has 0 unspecified atom stereocenters. The standard InChI is InChI=1S/C16H22N2O2S/c1-5-20-9-8-18-13-7-6-12(4)10-14(13)21-16(18)17-15(19)11(2)3/h6-7,10-11H,5,8-9H2,1-4H3. The van der Waals surface area contributed by atoms with Crippen LogP contribution in [0.15, 0.2) is 23.2 Å². The summed E-state index contributed by atoms with van der Waals surface area (Å²) in [6.07, 6.45) is 0. The minimum absolute atomic E-state index is 0.0802. The fourth-order valence-corrected chi connectivity index (χ4v) is 3.17. The molecule has 1 amide bonds. The molecule has 2 aromatic rings. The number of rotatable bonds is 5. The summed E-state index contributed by atoms with van der Waals surface area (Å²) in [5, 5.41) is 0. The van der Waals surface area contributed by atoms with E-state index in [1.807, 2.05) is 20.8 Å². The van der Waals surface area contributed by atoms with Crippen LogP contribution in [0.2, 0.25) is 0 Å². The van der Waals surface area contributed by atoms with Crippen molar-refractivity contribution in [2.75, 3.05) is 13.2 Å². The van der Waals surface area contributed by atoms with Crippen LogP contribution in [0.25, 0.3) is 10.2 Å². The van der Waals surface area contributed by atoms with Gasteiger partial charge in [0.1, 0.15) is 0 Å². The van der Waals surface area contributed by atoms with Crippen molar-refractivity contribution in [3.05, 3.63) is 28.6 Å². The molecule has 0 saturated carbocycles. The largest absolute Gasteiger partial charge is 0.380 e. The summed E-state index contributed by atoms with van der Waals surface area (Å²) >= 11 is 1.56. The summed E-state index contributed by atoms with van der Waals surface area (Å²) in [5.41, 5.74) is 2.32. The highest BCUT2D eigenvalue weighted by Gasteiger charge is 2.10. The average Bonchev–Trinajstić information content (AvgIpc) is 2.76. The Morgan fingerprint density at radius 2 is 2.19 bits per heavy atom. The Bertz CT molecular complexity index is 698. The maximum atomic E-state index is 11.9. The number of ether oxygens (including phenoxy) is 1. The first-order valence-corrected chi connectivity index (χ1v) is 8.11. The summed E-state index contributed by atoms with van der Waals surface area (Å²) in [4.78, 5) is 17.0. The van der Waals surface area contributed by atoms with Crippen molar-refractivity contribution in [3.63, 3.8) is 0 Å². The van der Waals surface area contributed by atoms with Crippen LogP contribution in [0.3, 0.4) is 0 Å². The first kappa shape index (κ1) is 15.9. The van der Waals surface area contributed by atoms with Gasteiger partial charge in [-0.05, 0) is 31.5 Å². The fraction of sp³-hybridized carbons (Fsp3) is 0.500. The lowest BCUT2D eigenvalue weighted by atomic mass is 10.2. The van der Waals surface area contributed by atoms with Gasteiger partial charge in [-0.15, -0.1) is 0 Å². The third-order valence-corrected chi connectivity index (χ3v) is 4.24. The molecule has 0 aliphatic rings. The number of benzene rings is 1. The van der Waals surface area contributed by atoms with Gasteiger partial charge in [0.2, 0.25) is 0 Å². The Morgan fingerprint density at radius 3 is 2.86 bits per heavy atom. The third-order valence-electron chi connectivity index (χ3n) is 3.20. The molecule has 1 heterocycles. The van der Waals surface area contributed by atoms with E-state index in [0.717, 1.165) is 15.0 Å². The lowest BCUT2D eigenvalue weighted by molar-refractivity contribution is -0.120. The van der Waals surface area contributed by atoms with Crippen LogP contribution >= 0.6 is 11.3 Å². The van der Waals surface area contributed by atoms with Gasteiger partial charge in [0, 0.05) is 19.1 Å². The van der Waals surface area contributed by atoms with Gasteiger partial charge >= 0.3 is 0 Å². The minimum atomic E-state index is -0.0858. The molecule has 1 aromatic carbocycles.